The fraction of sp³-hybridized carbons (Fsp3) is 0.0714. The van der Waals surface area contributed by atoms with Gasteiger partial charge in [-0.3, -0.25) is 0 Å². The molecule has 0 aliphatic rings. The Morgan fingerprint density at radius 2 is 1.71 bits per heavy atom. The second kappa shape index (κ2) is 5.16. The van der Waals surface area contributed by atoms with E-state index in [0.29, 0.717) is 5.71 Å². The maximum absolute atomic E-state index is 9.16. The molecule has 0 amide bonds. The molecule has 17 heavy (non-hydrogen) atoms. The molecule has 3 heteroatoms. The first-order valence-corrected chi connectivity index (χ1v) is 5.41. The van der Waals surface area contributed by atoms with Crippen LogP contribution in [0.4, 0.5) is 5.69 Å². The van der Waals surface area contributed by atoms with E-state index in [1.807, 2.05) is 61.6 Å². The minimum atomic E-state index is 0.572. The Morgan fingerprint density at radius 1 is 1.00 bits per heavy atom. The summed E-state index contributed by atoms with van der Waals surface area (Å²) in [6.07, 6.45) is 0. The molecule has 0 spiro atoms. The molecule has 0 saturated heterocycles. The maximum Gasteiger partial charge on any atom is 0.117 e. The zero-order valence-corrected chi connectivity index (χ0v) is 9.59. The van der Waals surface area contributed by atoms with E-state index < -0.39 is 0 Å². The van der Waals surface area contributed by atoms with Crippen LogP contribution in [0, 0.1) is 0 Å². The summed E-state index contributed by atoms with van der Waals surface area (Å²) in [5, 5.41) is 15.6. The van der Waals surface area contributed by atoms with Gasteiger partial charge in [0.25, 0.3) is 0 Å². The highest BCUT2D eigenvalue weighted by atomic mass is 16.4. The first-order chi connectivity index (χ1) is 8.35. The van der Waals surface area contributed by atoms with Gasteiger partial charge in [-0.15, -0.1) is 0 Å². The third-order valence-corrected chi connectivity index (χ3v) is 2.57. The van der Waals surface area contributed by atoms with Crippen molar-refractivity contribution in [3.8, 4) is 0 Å². The molecule has 0 aliphatic carbocycles. The molecule has 0 bridgehead atoms. The van der Waals surface area contributed by atoms with Crippen molar-refractivity contribution in [1.82, 2.24) is 0 Å². The first-order valence-electron chi connectivity index (χ1n) is 5.41. The predicted molar refractivity (Wildman–Crippen MR) is 69.9 cm³/mol. The quantitative estimate of drug-likeness (QED) is 0.480. The first kappa shape index (κ1) is 11.2. The molecule has 2 aromatic rings. The summed E-state index contributed by atoms with van der Waals surface area (Å²) in [7, 11) is 1.86. The Hall–Kier alpha value is -2.29. The summed E-state index contributed by atoms with van der Waals surface area (Å²) >= 11 is 0. The Kier molecular flexibility index (Phi) is 3.40. The van der Waals surface area contributed by atoms with E-state index in [4.69, 9.17) is 5.21 Å². The van der Waals surface area contributed by atoms with E-state index >= 15 is 0 Å². The van der Waals surface area contributed by atoms with Gasteiger partial charge in [-0.2, -0.15) is 0 Å². The summed E-state index contributed by atoms with van der Waals surface area (Å²) in [6.45, 7) is 0. The normalized spacial score (nSPS) is 11.2. The molecular weight excluding hydrogens is 212 g/mol. The van der Waals surface area contributed by atoms with Crippen molar-refractivity contribution >= 4 is 11.4 Å². The van der Waals surface area contributed by atoms with E-state index in [-0.39, 0.29) is 0 Å². The number of oxime groups is 1. The lowest BCUT2D eigenvalue weighted by molar-refractivity contribution is 0.319. The summed E-state index contributed by atoms with van der Waals surface area (Å²) in [4.78, 5) is 0. The molecule has 2 N–H and O–H groups in total. The van der Waals surface area contributed by atoms with Gasteiger partial charge in [-0.25, -0.2) is 0 Å². The Labute approximate surface area is 100 Å². The molecule has 0 aromatic heterocycles. The summed E-state index contributed by atoms with van der Waals surface area (Å²) in [5.74, 6) is 0. The van der Waals surface area contributed by atoms with Gasteiger partial charge < -0.3 is 10.5 Å². The van der Waals surface area contributed by atoms with Crippen molar-refractivity contribution in [2.24, 2.45) is 5.16 Å². The lowest BCUT2D eigenvalue weighted by Gasteiger charge is -2.07. The minimum Gasteiger partial charge on any atom is -0.410 e. The number of nitrogens with zero attached hydrogens (tertiary/aromatic N) is 1. The molecule has 0 unspecified atom stereocenters. The summed E-state index contributed by atoms with van der Waals surface area (Å²) < 4.78 is 0. The van der Waals surface area contributed by atoms with Crippen LogP contribution in [0.25, 0.3) is 0 Å². The van der Waals surface area contributed by atoms with Crippen molar-refractivity contribution in [2.75, 3.05) is 12.4 Å². The van der Waals surface area contributed by atoms with E-state index in [0.717, 1.165) is 16.8 Å². The number of hydrogen-bond donors (Lipinski definition) is 2. The molecule has 0 radical (unpaired) electrons. The minimum absolute atomic E-state index is 0.572. The molecule has 0 aliphatic heterocycles. The van der Waals surface area contributed by atoms with Crippen molar-refractivity contribution in [3.63, 3.8) is 0 Å². The highest BCUT2D eigenvalue weighted by Gasteiger charge is 2.07. The molecular formula is C14H14N2O. The van der Waals surface area contributed by atoms with Gasteiger partial charge in [0, 0.05) is 23.9 Å². The molecule has 3 nitrogen and oxygen atoms in total. The van der Waals surface area contributed by atoms with Gasteiger partial charge >= 0.3 is 0 Å². The third-order valence-electron chi connectivity index (χ3n) is 2.57. The van der Waals surface area contributed by atoms with Crippen LogP contribution in [0.2, 0.25) is 0 Å². The standard InChI is InChI=1S/C14H14N2O/c1-15-13-9-5-8-12(10-13)14(16-17)11-6-3-2-4-7-11/h2-10,15,17H,1H3. The Balaban J connectivity index is 2.43. The monoisotopic (exact) mass is 226 g/mol. The molecule has 0 saturated carbocycles. The zero-order valence-electron chi connectivity index (χ0n) is 9.59. The van der Waals surface area contributed by atoms with Gasteiger partial charge in [-0.1, -0.05) is 47.6 Å². The van der Waals surface area contributed by atoms with E-state index in [1.54, 1.807) is 0 Å². The van der Waals surface area contributed by atoms with Crippen LogP contribution in [0.1, 0.15) is 11.1 Å². The van der Waals surface area contributed by atoms with Gasteiger partial charge in [0.2, 0.25) is 0 Å². The van der Waals surface area contributed by atoms with E-state index in [1.165, 1.54) is 0 Å². The number of hydrogen-bond acceptors (Lipinski definition) is 3. The maximum atomic E-state index is 9.16. The topological polar surface area (TPSA) is 44.6 Å². The Morgan fingerprint density at radius 3 is 2.35 bits per heavy atom. The lowest BCUT2D eigenvalue weighted by Crippen LogP contribution is -2.03. The van der Waals surface area contributed by atoms with Crippen molar-refractivity contribution in [1.29, 1.82) is 0 Å². The SMILES string of the molecule is CNc1cccc(C(=NO)c2ccccc2)c1. The number of benzene rings is 2. The smallest absolute Gasteiger partial charge is 0.117 e. The average molecular weight is 226 g/mol. The largest absolute Gasteiger partial charge is 0.410 e. The van der Waals surface area contributed by atoms with Crippen LogP contribution in [0.15, 0.2) is 59.8 Å². The van der Waals surface area contributed by atoms with E-state index in [2.05, 4.69) is 10.5 Å². The molecule has 0 heterocycles. The zero-order chi connectivity index (χ0) is 12.1. The second-order valence-electron chi connectivity index (χ2n) is 3.65. The third kappa shape index (κ3) is 2.45. The predicted octanol–water partition coefficient (Wildman–Crippen LogP) is 2.95. The highest BCUT2D eigenvalue weighted by molar-refractivity contribution is 6.12. The van der Waals surface area contributed by atoms with Crippen molar-refractivity contribution in [2.45, 2.75) is 0 Å². The van der Waals surface area contributed by atoms with Crippen LogP contribution in [0.5, 0.6) is 0 Å². The van der Waals surface area contributed by atoms with E-state index in [9.17, 15) is 0 Å². The molecule has 2 rings (SSSR count). The fourth-order valence-electron chi connectivity index (χ4n) is 1.70. The number of rotatable bonds is 3. The number of nitrogens with one attached hydrogen (secondary N) is 1. The molecule has 2 aromatic carbocycles. The highest BCUT2D eigenvalue weighted by Crippen LogP contribution is 2.15. The average Bonchev–Trinajstić information content (AvgIpc) is 2.41. The second-order valence-corrected chi connectivity index (χ2v) is 3.65. The molecule has 86 valence electrons. The van der Waals surface area contributed by atoms with Gasteiger partial charge in [0.15, 0.2) is 0 Å². The number of anilines is 1. The summed E-state index contributed by atoms with van der Waals surface area (Å²) in [5.41, 5.74) is 3.33. The van der Waals surface area contributed by atoms with Gasteiger partial charge in [-0.05, 0) is 12.1 Å². The van der Waals surface area contributed by atoms with Crippen LogP contribution >= 0.6 is 0 Å². The summed E-state index contributed by atoms with van der Waals surface area (Å²) in [6, 6.07) is 17.4. The van der Waals surface area contributed by atoms with Crippen LogP contribution in [-0.2, 0) is 0 Å². The van der Waals surface area contributed by atoms with Crippen LogP contribution < -0.4 is 5.32 Å². The molecule has 0 atom stereocenters. The van der Waals surface area contributed by atoms with Crippen molar-refractivity contribution < 1.29 is 5.21 Å². The van der Waals surface area contributed by atoms with Crippen molar-refractivity contribution in [3.05, 3.63) is 65.7 Å². The fourth-order valence-corrected chi connectivity index (χ4v) is 1.70. The molecule has 0 fully saturated rings. The van der Waals surface area contributed by atoms with Gasteiger partial charge in [0.1, 0.15) is 5.71 Å². The Bertz CT molecular complexity index is 521. The van der Waals surface area contributed by atoms with Crippen LogP contribution in [-0.4, -0.2) is 18.0 Å². The lowest BCUT2D eigenvalue weighted by atomic mass is 10.0. The van der Waals surface area contributed by atoms with Crippen LogP contribution in [0.3, 0.4) is 0 Å². The van der Waals surface area contributed by atoms with Gasteiger partial charge in [0.05, 0.1) is 0 Å².